The number of carbonyl (C=O) groups excluding carboxylic acids is 1. The molecule has 0 bridgehead atoms. The second-order valence-electron chi connectivity index (χ2n) is 6.84. The summed E-state index contributed by atoms with van der Waals surface area (Å²) in [4.78, 5) is 17.8. The van der Waals surface area contributed by atoms with Gasteiger partial charge in [0.2, 0.25) is 0 Å². The van der Waals surface area contributed by atoms with Gasteiger partial charge in [0.15, 0.2) is 0 Å². The van der Waals surface area contributed by atoms with Crippen LogP contribution in [0.3, 0.4) is 0 Å². The molecule has 4 nitrogen and oxygen atoms in total. The Hall–Kier alpha value is -3.70. The lowest BCUT2D eigenvalue weighted by Crippen LogP contribution is -2.10. The van der Waals surface area contributed by atoms with E-state index in [1.54, 1.807) is 0 Å². The fourth-order valence-corrected chi connectivity index (χ4v) is 4.71. The third-order valence-electron chi connectivity index (χ3n) is 5.07. The molecule has 2 heterocycles. The van der Waals surface area contributed by atoms with E-state index in [1.165, 1.54) is 11.3 Å². The Morgan fingerprint density at radius 3 is 2.38 bits per heavy atom. The topological polar surface area (TPSA) is 82.0 Å². The largest absolute Gasteiger partial charge is 0.397 e. The highest BCUT2D eigenvalue weighted by molar-refractivity contribution is 7.21. The number of thiophene rings is 1. The summed E-state index contributed by atoms with van der Waals surface area (Å²) in [6.45, 7) is 0. The van der Waals surface area contributed by atoms with Gasteiger partial charge in [-0.2, -0.15) is 0 Å². The zero-order chi connectivity index (χ0) is 20.0. The lowest BCUT2D eigenvalue weighted by atomic mass is 9.97. The molecule has 0 fully saturated rings. The quantitative estimate of drug-likeness (QED) is 0.425. The van der Waals surface area contributed by atoms with Gasteiger partial charge in [0.25, 0.3) is 5.91 Å². The second-order valence-corrected chi connectivity index (χ2v) is 7.84. The summed E-state index contributed by atoms with van der Waals surface area (Å²) in [5.74, 6) is -0.531. The van der Waals surface area contributed by atoms with Crippen LogP contribution in [0.4, 0.5) is 5.69 Å². The van der Waals surface area contributed by atoms with Crippen LogP contribution in [0, 0.1) is 0 Å². The van der Waals surface area contributed by atoms with Crippen molar-refractivity contribution in [3.05, 3.63) is 83.7 Å². The van der Waals surface area contributed by atoms with E-state index in [0.717, 1.165) is 38.5 Å². The molecule has 0 spiro atoms. The SMILES string of the molecule is NC(=O)c1sc2nc(-c3cccc4ccccc34)cc(-c3ccccc3)c2c1N. The summed E-state index contributed by atoms with van der Waals surface area (Å²) < 4.78 is 0. The molecule has 0 saturated carbocycles. The van der Waals surface area contributed by atoms with Gasteiger partial charge in [-0.25, -0.2) is 4.98 Å². The Kier molecular flexibility index (Phi) is 4.03. The summed E-state index contributed by atoms with van der Waals surface area (Å²) in [5, 5.41) is 3.05. The van der Waals surface area contributed by atoms with Crippen molar-refractivity contribution in [1.29, 1.82) is 0 Å². The monoisotopic (exact) mass is 395 g/mol. The molecule has 3 aromatic carbocycles. The predicted molar refractivity (Wildman–Crippen MR) is 121 cm³/mol. The van der Waals surface area contributed by atoms with Crippen LogP contribution in [0.2, 0.25) is 0 Å². The highest BCUT2D eigenvalue weighted by atomic mass is 32.1. The van der Waals surface area contributed by atoms with E-state index in [2.05, 4.69) is 24.3 Å². The van der Waals surface area contributed by atoms with E-state index < -0.39 is 5.91 Å². The molecule has 0 aliphatic heterocycles. The first-order chi connectivity index (χ1) is 14.1. The number of hydrogen-bond acceptors (Lipinski definition) is 4. The molecule has 2 aromatic heterocycles. The molecular weight excluding hydrogens is 378 g/mol. The third kappa shape index (κ3) is 2.83. The van der Waals surface area contributed by atoms with Crippen LogP contribution in [-0.2, 0) is 0 Å². The molecule has 0 unspecified atom stereocenters. The number of primary amides is 1. The van der Waals surface area contributed by atoms with Gasteiger partial charge in [-0.3, -0.25) is 4.79 Å². The van der Waals surface area contributed by atoms with Crippen molar-refractivity contribution >= 4 is 43.9 Å². The number of rotatable bonds is 3. The van der Waals surface area contributed by atoms with E-state index >= 15 is 0 Å². The maximum absolute atomic E-state index is 11.9. The molecular formula is C24H17N3OS. The molecule has 0 atom stereocenters. The van der Waals surface area contributed by atoms with Crippen LogP contribution in [0.5, 0.6) is 0 Å². The van der Waals surface area contributed by atoms with Crippen molar-refractivity contribution in [2.24, 2.45) is 5.73 Å². The minimum Gasteiger partial charge on any atom is -0.397 e. The molecule has 5 rings (SSSR count). The Labute approximate surface area is 171 Å². The van der Waals surface area contributed by atoms with Crippen molar-refractivity contribution in [1.82, 2.24) is 4.98 Å². The highest BCUT2D eigenvalue weighted by Gasteiger charge is 2.20. The predicted octanol–water partition coefficient (Wildman–Crippen LogP) is 5.46. The van der Waals surface area contributed by atoms with Gasteiger partial charge < -0.3 is 11.5 Å². The Morgan fingerprint density at radius 1 is 0.862 bits per heavy atom. The lowest BCUT2D eigenvalue weighted by Gasteiger charge is -2.11. The molecule has 0 aliphatic carbocycles. The van der Waals surface area contributed by atoms with Gasteiger partial charge in [0.1, 0.15) is 9.71 Å². The van der Waals surface area contributed by atoms with Crippen molar-refractivity contribution in [2.75, 3.05) is 5.73 Å². The number of anilines is 1. The van der Waals surface area contributed by atoms with Gasteiger partial charge in [-0.05, 0) is 28.0 Å². The summed E-state index contributed by atoms with van der Waals surface area (Å²) >= 11 is 1.24. The first-order valence-corrected chi connectivity index (χ1v) is 10.0. The van der Waals surface area contributed by atoms with Crippen LogP contribution < -0.4 is 11.5 Å². The highest BCUT2D eigenvalue weighted by Crippen LogP contribution is 2.41. The fraction of sp³-hybridized carbons (Fsp3) is 0. The first kappa shape index (κ1) is 17.4. The van der Waals surface area contributed by atoms with Crippen molar-refractivity contribution < 1.29 is 4.79 Å². The molecule has 5 heteroatoms. The van der Waals surface area contributed by atoms with Crippen molar-refractivity contribution in [3.63, 3.8) is 0 Å². The van der Waals surface area contributed by atoms with E-state index in [4.69, 9.17) is 16.5 Å². The number of carbonyl (C=O) groups is 1. The van der Waals surface area contributed by atoms with Crippen molar-refractivity contribution in [2.45, 2.75) is 0 Å². The zero-order valence-electron chi connectivity index (χ0n) is 15.4. The lowest BCUT2D eigenvalue weighted by molar-refractivity contribution is 0.100. The number of benzene rings is 3. The third-order valence-corrected chi connectivity index (χ3v) is 6.19. The summed E-state index contributed by atoms with van der Waals surface area (Å²) in [7, 11) is 0. The second kappa shape index (κ2) is 6.72. The summed E-state index contributed by atoms with van der Waals surface area (Å²) in [6, 6.07) is 26.5. The number of nitrogens with two attached hydrogens (primary N) is 2. The van der Waals surface area contributed by atoms with Crippen molar-refractivity contribution in [3.8, 4) is 22.4 Å². The Balaban J connectivity index is 1.88. The van der Waals surface area contributed by atoms with E-state index in [1.807, 2.05) is 54.6 Å². The average molecular weight is 395 g/mol. The number of aromatic nitrogens is 1. The number of nitrogens with zero attached hydrogens (tertiary/aromatic N) is 1. The number of fused-ring (bicyclic) bond motifs is 2. The van der Waals surface area contributed by atoms with E-state index in [9.17, 15) is 4.79 Å². The Morgan fingerprint density at radius 2 is 1.59 bits per heavy atom. The van der Waals surface area contributed by atoms with Crippen LogP contribution in [0.15, 0.2) is 78.9 Å². The number of pyridine rings is 1. The van der Waals surface area contributed by atoms with Gasteiger partial charge in [0, 0.05) is 10.9 Å². The van der Waals surface area contributed by atoms with Crippen LogP contribution in [-0.4, -0.2) is 10.9 Å². The molecule has 0 radical (unpaired) electrons. The van der Waals surface area contributed by atoms with E-state index in [0.29, 0.717) is 15.4 Å². The number of hydrogen-bond donors (Lipinski definition) is 2. The minimum absolute atomic E-state index is 0.347. The van der Waals surface area contributed by atoms with E-state index in [-0.39, 0.29) is 0 Å². The number of amides is 1. The van der Waals surface area contributed by atoms with Crippen LogP contribution >= 0.6 is 11.3 Å². The zero-order valence-corrected chi connectivity index (χ0v) is 16.2. The normalized spacial score (nSPS) is 11.2. The molecule has 1 amide bonds. The molecule has 5 aromatic rings. The standard InChI is InChI=1S/C24H17N3OS/c25-21-20-18(15-7-2-1-3-8-15)13-19(27-24(20)29-22(21)23(26)28)17-12-6-10-14-9-4-5-11-16(14)17/h1-13H,25H2,(H2,26,28). The molecule has 140 valence electrons. The summed E-state index contributed by atoms with van der Waals surface area (Å²) in [6.07, 6.45) is 0. The average Bonchev–Trinajstić information content (AvgIpc) is 3.10. The van der Waals surface area contributed by atoms with Gasteiger partial charge in [0.05, 0.1) is 11.4 Å². The van der Waals surface area contributed by atoms with Crippen LogP contribution in [0.25, 0.3) is 43.4 Å². The summed E-state index contributed by atoms with van der Waals surface area (Å²) in [5.41, 5.74) is 16.1. The first-order valence-electron chi connectivity index (χ1n) is 9.20. The molecule has 29 heavy (non-hydrogen) atoms. The molecule has 4 N–H and O–H groups in total. The van der Waals surface area contributed by atoms with Gasteiger partial charge >= 0.3 is 0 Å². The Bertz CT molecular complexity index is 1380. The van der Waals surface area contributed by atoms with Gasteiger partial charge in [-0.1, -0.05) is 72.8 Å². The molecule has 0 aliphatic rings. The maximum atomic E-state index is 11.9. The van der Waals surface area contributed by atoms with Crippen LogP contribution in [0.1, 0.15) is 9.67 Å². The molecule has 0 saturated heterocycles. The maximum Gasteiger partial charge on any atom is 0.260 e. The minimum atomic E-state index is -0.531. The fourth-order valence-electron chi connectivity index (χ4n) is 3.74. The van der Waals surface area contributed by atoms with Gasteiger partial charge in [-0.15, -0.1) is 11.3 Å². The smallest absolute Gasteiger partial charge is 0.260 e. The number of nitrogen functional groups attached to an aromatic ring is 1.